The number of nitrogens with zero attached hydrogens (tertiary/aromatic N) is 5. The number of aryl methyl sites for hydroxylation is 1. The van der Waals surface area contributed by atoms with Gasteiger partial charge in [0.15, 0.2) is 5.03 Å². The summed E-state index contributed by atoms with van der Waals surface area (Å²) in [5.41, 5.74) is 0. The van der Waals surface area contributed by atoms with Crippen molar-refractivity contribution in [1.29, 1.82) is 0 Å². The molecule has 2 aromatic heterocycles. The molecule has 7 nitrogen and oxygen atoms in total. The topological polar surface area (TPSA) is 73.0 Å². The van der Waals surface area contributed by atoms with E-state index in [4.69, 9.17) is 0 Å². The monoisotopic (exact) mass is 323 g/mol. The summed E-state index contributed by atoms with van der Waals surface area (Å²) in [6.07, 6.45) is 5.96. The lowest BCUT2D eigenvalue weighted by Crippen LogP contribution is -2.29. The standard InChI is InChI=1S/C14H21N5O2S/c1-11(2)14-16-13(10-17(14)3)22(20,21)18-8-5-12(9-18)19-7-4-6-15-19/h4,6-7,10-12H,5,8-9H2,1-3H3. The summed E-state index contributed by atoms with van der Waals surface area (Å²) in [5, 5.41) is 4.34. The molecule has 1 unspecified atom stereocenters. The molecule has 2 aromatic rings. The summed E-state index contributed by atoms with van der Waals surface area (Å²) < 4.78 is 30.6. The minimum absolute atomic E-state index is 0.0954. The lowest BCUT2D eigenvalue weighted by atomic mass is 10.2. The number of hydrogen-bond acceptors (Lipinski definition) is 4. The highest BCUT2D eigenvalue weighted by molar-refractivity contribution is 7.89. The third-order valence-corrected chi connectivity index (χ3v) is 5.77. The van der Waals surface area contributed by atoms with Crippen molar-refractivity contribution in [2.24, 2.45) is 7.05 Å². The second kappa shape index (κ2) is 5.51. The minimum atomic E-state index is -3.54. The van der Waals surface area contributed by atoms with E-state index in [1.165, 1.54) is 4.31 Å². The first-order valence-corrected chi connectivity index (χ1v) is 8.86. The van der Waals surface area contributed by atoms with Gasteiger partial charge in [0.2, 0.25) is 0 Å². The second-order valence-corrected chi connectivity index (χ2v) is 7.88. The number of imidazole rings is 1. The summed E-state index contributed by atoms with van der Waals surface area (Å²) in [4.78, 5) is 4.32. The van der Waals surface area contributed by atoms with E-state index in [1.54, 1.807) is 17.0 Å². The van der Waals surface area contributed by atoms with Crippen LogP contribution >= 0.6 is 0 Å². The molecular weight excluding hydrogens is 302 g/mol. The van der Waals surface area contributed by atoms with Crippen molar-refractivity contribution in [3.8, 4) is 0 Å². The van der Waals surface area contributed by atoms with Crippen LogP contribution in [-0.4, -0.2) is 45.1 Å². The fourth-order valence-electron chi connectivity index (χ4n) is 2.89. The number of rotatable bonds is 4. The van der Waals surface area contributed by atoms with Gasteiger partial charge in [0.05, 0.1) is 6.04 Å². The Morgan fingerprint density at radius 2 is 2.14 bits per heavy atom. The van der Waals surface area contributed by atoms with E-state index in [2.05, 4.69) is 10.1 Å². The second-order valence-electron chi connectivity index (χ2n) is 5.99. The minimum Gasteiger partial charge on any atom is -0.336 e. The van der Waals surface area contributed by atoms with Crippen LogP contribution in [0.5, 0.6) is 0 Å². The fourth-order valence-corrected chi connectivity index (χ4v) is 4.37. The molecule has 8 heteroatoms. The average molecular weight is 323 g/mol. The van der Waals surface area contributed by atoms with Gasteiger partial charge >= 0.3 is 0 Å². The Balaban J connectivity index is 1.83. The van der Waals surface area contributed by atoms with Crippen LogP contribution < -0.4 is 0 Å². The highest BCUT2D eigenvalue weighted by Crippen LogP contribution is 2.27. The SMILES string of the molecule is CC(C)c1nc(S(=O)(=O)N2CCC(n3cccn3)C2)cn1C. The van der Waals surface area contributed by atoms with Crippen molar-refractivity contribution in [3.05, 3.63) is 30.5 Å². The molecule has 0 aliphatic carbocycles. The van der Waals surface area contributed by atoms with Crippen molar-refractivity contribution in [2.75, 3.05) is 13.1 Å². The summed E-state index contributed by atoms with van der Waals surface area (Å²) >= 11 is 0. The molecule has 0 saturated carbocycles. The molecule has 0 bridgehead atoms. The molecule has 3 heterocycles. The van der Waals surface area contributed by atoms with Crippen molar-refractivity contribution >= 4 is 10.0 Å². The first-order valence-electron chi connectivity index (χ1n) is 7.42. The van der Waals surface area contributed by atoms with Crippen LogP contribution in [0.2, 0.25) is 0 Å². The molecule has 0 amide bonds. The zero-order valence-electron chi connectivity index (χ0n) is 13.0. The van der Waals surface area contributed by atoms with Gasteiger partial charge in [-0.2, -0.15) is 9.40 Å². The summed E-state index contributed by atoms with van der Waals surface area (Å²) in [5.74, 6) is 0.964. The molecule has 120 valence electrons. The Hall–Kier alpha value is -1.67. The third-order valence-electron chi connectivity index (χ3n) is 4.04. The molecule has 0 radical (unpaired) electrons. The van der Waals surface area contributed by atoms with Crippen LogP contribution in [0.25, 0.3) is 0 Å². The van der Waals surface area contributed by atoms with E-state index < -0.39 is 10.0 Å². The molecule has 0 N–H and O–H groups in total. The van der Waals surface area contributed by atoms with Gasteiger partial charge in [0, 0.05) is 44.6 Å². The Kier molecular flexibility index (Phi) is 3.82. The quantitative estimate of drug-likeness (QED) is 0.852. The predicted molar refractivity (Wildman–Crippen MR) is 81.9 cm³/mol. The third kappa shape index (κ3) is 2.56. The Labute approximate surface area is 130 Å². The van der Waals surface area contributed by atoms with Crippen molar-refractivity contribution in [2.45, 2.75) is 37.3 Å². The van der Waals surface area contributed by atoms with Gasteiger partial charge in [-0.05, 0) is 12.5 Å². The maximum Gasteiger partial charge on any atom is 0.262 e. The molecule has 22 heavy (non-hydrogen) atoms. The lowest BCUT2D eigenvalue weighted by molar-refractivity contribution is 0.433. The summed E-state index contributed by atoms with van der Waals surface area (Å²) in [7, 11) is -1.71. The first kappa shape index (κ1) is 15.2. The Morgan fingerprint density at radius 3 is 2.73 bits per heavy atom. The van der Waals surface area contributed by atoms with Crippen LogP contribution in [0.4, 0.5) is 0 Å². The van der Waals surface area contributed by atoms with Gasteiger partial charge < -0.3 is 4.57 Å². The van der Waals surface area contributed by atoms with E-state index in [1.807, 2.05) is 37.8 Å². The molecule has 3 rings (SSSR count). The van der Waals surface area contributed by atoms with Crippen molar-refractivity contribution in [3.63, 3.8) is 0 Å². The molecular formula is C14H21N5O2S. The highest BCUT2D eigenvalue weighted by atomic mass is 32.2. The number of hydrogen-bond donors (Lipinski definition) is 0. The van der Waals surface area contributed by atoms with E-state index in [0.717, 1.165) is 12.2 Å². The van der Waals surface area contributed by atoms with Crippen LogP contribution in [0.3, 0.4) is 0 Å². The van der Waals surface area contributed by atoms with Gasteiger partial charge in [-0.15, -0.1) is 0 Å². The van der Waals surface area contributed by atoms with E-state index in [0.29, 0.717) is 13.1 Å². The molecule has 0 spiro atoms. The number of sulfonamides is 1. The van der Waals surface area contributed by atoms with E-state index >= 15 is 0 Å². The molecule has 1 aliphatic heterocycles. The zero-order chi connectivity index (χ0) is 15.9. The molecule has 1 saturated heterocycles. The molecule has 1 atom stereocenters. The van der Waals surface area contributed by atoms with Crippen LogP contribution in [-0.2, 0) is 17.1 Å². The molecule has 1 aliphatic rings. The summed E-state index contributed by atoms with van der Waals surface area (Å²) in [6, 6.07) is 1.95. The van der Waals surface area contributed by atoms with Gasteiger partial charge in [-0.25, -0.2) is 13.4 Å². The zero-order valence-corrected chi connectivity index (χ0v) is 13.9. The Morgan fingerprint density at radius 1 is 1.36 bits per heavy atom. The van der Waals surface area contributed by atoms with E-state index in [9.17, 15) is 8.42 Å². The summed E-state index contributed by atoms with van der Waals surface area (Å²) in [6.45, 7) is 4.95. The molecule has 0 aromatic carbocycles. The predicted octanol–water partition coefficient (Wildman–Crippen LogP) is 1.38. The van der Waals surface area contributed by atoms with Gasteiger partial charge in [0.1, 0.15) is 5.82 Å². The number of aromatic nitrogens is 4. The fraction of sp³-hybridized carbons (Fsp3) is 0.571. The van der Waals surface area contributed by atoms with Crippen LogP contribution in [0.15, 0.2) is 29.7 Å². The van der Waals surface area contributed by atoms with Crippen LogP contribution in [0.1, 0.15) is 38.1 Å². The smallest absolute Gasteiger partial charge is 0.262 e. The highest BCUT2D eigenvalue weighted by Gasteiger charge is 2.35. The Bertz CT molecular complexity index is 748. The first-order chi connectivity index (χ1) is 10.4. The van der Waals surface area contributed by atoms with Gasteiger partial charge in [-0.3, -0.25) is 4.68 Å². The van der Waals surface area contributed by atoms with Crippen molar-refractivity contribution in [1.82, 2.24) is 23.6 Å². The van der Waals surface area contributed by atoms with Crippen LogP contribution in [0, 0.1) is 0 Å². The lowest BCUT2D eigenvalue weighted by Gasteiger charge is -2.15. The average Bonchev–Trinajstić information content (AvgIpc) is 3.18. The largest absolute Gasteiger partial charge is 0.336 e. The van der Waals surface area contributed by atoms with E-state index in [-0.39, 0.29) is 17.0 Å². The maximum atomic E-state index is 12.8. The van der Waals surface area contributed by atoms with Gasteiger partial charge in [0.25, 0.3) is 10.0 Å². The van der Waals surface area contributed by atoms with Gasteiger partial charge in [-0.1, -0.05) is 13.8 Å². The van der Waals surface area contributed by atoms with Crippen molar-refractivity contribution < 1.29 is 8.42 Å². The molecule has 1 fully saturated rings. The normalized spacial score (nSPS) is 20.1. The maximum absolute atomic E-state index is 12.8.